The third-order valence-corrected chi connectivity index (χ3v) is 3.24. The van der Waals surface area contributed by atoms with Crippen molar-refractivity contribution in [1.82, 2.24) is 5.43 Å². The third-order valence-electron chi connectivity index (χ3n) is 3.01. The number of hydrogen-bond donors (Lipinski definition) is 1. The van der Waals surface area contributed by atoms with Crippen molar-refractivity contribution in [3.05, 3.63) is 40.4 Å². The Balaban J connectivity index is 1.83. The predicted octanol–water partition coefficient (Wildman–Crippen LogP) is 3.24. The number of hydrogen-bond acceptors (Lipinski definition) is 3. The van der Waals surface area contributed by atoms with Gasteiger partial charge in [-0.1, -0.05) is 17.2 Å². The van der Waals surface area contributed by atoms with Crippen LogP contribution in [0.25, 0.3) is 0 Å². The van der Waals surface area contributed by atoms with Crippen LogP contribution in [0.4, 0.5) is 0 Å². The Morgan fingerprint density at radius 1 is 1.40 bits per heavy atom. The predicted molar refractivity (Wildman–Crippen MR) is 80.3 cm³/mol. The fraction of sp³-hybridized carbons (Fsp3) is 0.333. The van der Waals surface area contributed by atoms with Gasteiger partial charge < -0.3 is 4.74 Å². The van der Waals surface area contributed by atoms with Crippen LogP contribution in [0, 0.1) is 6.92 Å². The van der Waals surface area contributed by atoms with Crippen LogP contribution in [0.2, 0.25) is 5.02 Å². The van der Waals surface area contributed by atoms with Gasteiger partial charge in [0.1, 0.15) is 5.75 Å². The average Bonchev–Trinajstić information content (AvgIpc) is 2.81. The van der Waals surface area contributed by atoms with Crippen LogP contribution in [-0.2, 0) is 4.79 Å². The lowest BCUT2D eigenvalue weighted by molar-refractivity contribution is -0.123. The van der Waals surface area contributed by atoms with Gasteiger partial charge in [-0.3, -0.25) is 4.79 Å². The fourth-order valence-electron chi connectivity index (χ4n) is 1.93. The Morgan fingerprint density at radius 3 is 2.85 bits per heavy atom. The van der Waals surface area contributed by atoms with Gasteiger partial charge in [-0.2, -0.15) is 5.10 Å². The first-order valence-electron chi connectivity index (χ1n) is 6.46. The molecule has 1 amide bonds. The van der Waals surface area contributed by atoms with Gasteiger partial charge in [-0.05, 0) is 56.5 Å². The van der Waals surface area contributed by atoms with E-state index in [-0.39, 0.29) is 12.5 Å². The number of allylic oxidation sites excluding steroid dienone is 2. The minimum Gasteiger partial charge on any atom is -0.483 e. The molecule has 20 heavy (non-hydrogen) atoms. The highest BCUT2D eigenvalue weighted by atomic mass is 35.5. The summed E-state index contributed by atoms with van der Waals surface area (Å²) >= 11 is 5.86. The highest BCUT2D eigenvalue weighted by molar-refractivity contribution is 6.30. The van der Waals surface area contributed by atoms with Gasteiger partial charge in [0.2, 0.25) is 0 Å². The zero-order chi connectivity index (χ0) is 14.5. The topological polar surface area (TPSA) is 50.7 Å². The molecule has 106 valence electrons. The summed E-state index contributed by atoms with van der Waals surface area (Å²) in [6, 6.07) is 5.27. The fourth-order valence-corrected chi connectivity index (χ4v) is 2.15. The number of carbonyl (C=O) groups excluding carboxylic acids is 1. The lowest BCUT2D eigenvalue weighted by Gasteiger charge is -2.08. The molecule has 1 aromatic rings. The van der Waals surface area contributed by atoms with E-state index in [0.717, 1.165) is 24.1 Å². The molecule has 0 atom stereocenters. The van der Waals surface area contributed by atoms with Crippen LogP contribution < -0.4 is 10.2 Å². The molecule has 1 aliphatic rings. The number of rotatable bonds is 4. The zero-order valence-corrected chi connectivity index (χ0v) is 12.3. The maximum absolute atomic E-state index is 11.6. The summed E-state index contributed by atoms with van der Waals surface area (Å²) in [5.74, 6) is 0.374. The van der Waals surface area contributed by atoms with E-state index in [1.54, 1.807) is 18.2 Å². The highest BCUT2D eigenvalue weighted by Crippen LogP contribution is 2.21. The van der Waals surface area contributed by atoms with Crippen LogP contribution >= 0.6 is 11.6 Å². The molecule has 1 aliphatic carbocycles. The van der Waals surface area contributed by atoms with Crippen molar-refractivity contribution in [3.63, 3.8) is 0 Å². The second-order valence-corrected chi connectivity index (χ2v) is 5.26. The highest BCUT2D eigenvalue weighted by Gasteiger charge is 2.08. The molecular formula is C15H17ClN2O2. The first-order chi connectivity index (χ1) is 9.54. The van der Waals surface area contributed by atoms with E-state index >= 15 is 0 Å². The van der Waals surface area contributed by atoms with Crippen molar-refractivity contribution in [1.29, 1.82) is 0 Å². The first-order valence-corrected chi connectivity index (χ1v) is 6.84. The minimum absolute atomic E-state index is 0.0675. The second-order valence-electron chi connectivity index (χ2n) is 4.83. The summed E-state index contributed by atoms with van der Waals surface area (Å²) in [6.45, 7) is 3.87. The molecular weight excluding hydrogens is 276 g/mol. The molecule has 2 rings (SSSR count). The van der Waals surface area contributed by atoms with Gasteiger partial charge in [0.15, 0.2) is 6.61 Å². The zero-order valence-electron chi connectivity index (χ0n) is 11.6. The molecule has 0 unspecified atom stereocenters. The Morgan fingerprint density at radius 2 is 2.20 bits per heavy atom. The maximum Gasteiger partial charge on any atom is 0.277 e. The SMILES string of the molecule is CC1=C/C(=N/NC(=O)COc2ccc(Cl)cc2C)CC1. The normalized spacial score (nSPS) is 16.1. The minimum atomic E-state index is -0.273. The van der Waals surface area contributed by atoms with E-state index in [9.17, 15) is 4.79 Å². The molecule has 1 aromatic carbocycles. The van der Waals surface area contributed by atoms with E-state index in [2.05, 4.69) is 17.5 Å². The van der Waals surface area contributed by atoms with E-state index in [1.807, 2.05) is 13.0 Å². The summed E-state index contributed by atoms with van der Waals surface area (Å²) < 4.78 is 5.43. The molecule has 5 heteroatoms. The summed E-state index contributed by atoms with van der Waals surface area (Å²) in [5.41, 5.74) is 5.58. The van der Waals surface area contributed by atoms with Gasteiger partial charge in [-0.25, -0.2) is 5.43 Å². The van der Waals surface area contributed by atoms with Gasteiger partial charge in [-0.15, -0.1) is 0 Å². The Labute approximate surface area is 123 Å². The quantitative estimate of drug-likeness (QED) is 0.866. The molecule has 0 fully saturated rings. The molecule has 0 heterocycles. The summed E-state index contributed by atoms with van der Waals surface area (Å²) in [7, 11) is 0. The molecule has 0 bridgehead atoms. The monoisotopic (exact) mass is 292 g/mol. The lowest BCUT2D eigenvalue weighted by Crippen LogP contribution is -2.25. The van der Waals surface area contributed by atoms with Crippen LogP contribution in [0.5, 0.6) is 5.75 Å². The molecule has 1 N–H and O–H groups in total. The number of ether oxygens (including phenoxy) is 1. The second kappa shape index (κ2) is 6.57. The average molecular weight is 293 g/mol. The number of nitrogens with one attached hydrogen (secondary N) is 1. The number of benzene rings is 1. The standard InChI is InChI=1S/C15H17ClN2O2/c1-10-3-5-13(7-10)17-18-15(19)9-20-14-6-4-12(16)8-11(14)2/h4,6-8H,3,5,9H2,1-2H3,(H,18,19)/b17-13+. The molecule has 0 spiro atoms. The van der Waals surface area contributed by atoms with E-state index in [0.29, 0.717) is 10.8 Å². The number of hydrazone groups is 1. The largest absolute Gasteiger partial charge is 0.483 e. The smallest absolute Gasteiger partial charge is 0.277 e. The first kappa shape index (κ1) is 14.6. The molecule has 0 saturated heterocycles. The van der Waals surface area contributed by atoms with Crippen molar-refractivity contribution in [2.24, 2.45) is 5.10 Å². The van der Waals surface area contributed by atoms with Crippen molar-refractivity contribution < 1.29 is 9.53 Å². The van der Waals surface area contributed by atoms with E-state index < -0.39 is 0 Å². The van der Waals surface area contributed by atoms with Crippen molar-refractivity contribution in [2.75, 3.05) is 6.61 Å². The van der Waals surface area contributed by atoms with Crippen LogP contribution in [0.1, 0.15) is 25.3 Å². The van der Waals surface area contributed by atoms with Crippen molar-refractivity contribution in [3.8, 4) is 5.75 Å². The molecule has 0 aromatic heterocycles. The number of halogens is 1. The van der Waals surface area contributed by atoms with Crippen molar-refractivity contribution >= 4 is 23.2 Å². The molecule has 0 saturated carbocycles. The number of aryl methyl sites for hydroxylation is 1. The molecule has 0 aliphatic heterocycles. The molecule has 4 nitrogen and oxygen atoms in total. The lowest BCUT2D eigenvalue weighted by atomic mass is 10.2. The van der Waals surface area contributed by atoms with Crippen molar-refractivity contribution in [2.45, 2.75) is 26.7 Å². The summed E-state index contributed by atoms with van der Waals surface area (Å²) in [6.07, 6.45) is 3.88. The van der Waals surface area contributed by atoms with Crippen LogP contribution in [0.3, 0.4) is 0 Å². The Hall–Kier alpha value is -1.81. The maximum atomic E-state index is 11.6. The van der Waals surface area contributed by atoms with Gasteiger partial charge in [0, 0.05) is 5.02 Å². The number of amides is 1. The number of nitrogens with zero attached hydrogens (tertiary/aromatic N) is 1. The van der Waals surface area contributed by atoms with E-state index in [4.69, 9.17) is 16.3 Å². The van der Waals surface area contributed by atoms with Crippen LogP contribution in [-0.4, -0.2) is 18.2 Å². The Kier molecular flexibility index (Phi) is 4.79. The third kappa shape index (κ3) is 4.10. The van der Waals surface area contributed by atoms with Gasteiger partial charge in [0.05, 0.1) is 5.71 Å². The summed E-state index contributed by atoms with van der Waals surface area (Å²) in [5, 5.41) is 4.71. The Bertz CT molecular complexity index is 579. The van der Waals surface area contributed by atoms with Crippen LogP contribution in [0.15, 0.2) is 34.9 Å². The molecule has 0 radical (unpaired) electrons. The summed E-state index contributed by atoms with van der Waals surface area (Å²) in [4.78, 5) is 11.6. The van der Waals surface area contributed by atoms with Gasteiger partial charge >= 0.3 is 0 Å². The van der Waals surface area contributed by atoms with Gasteiger partial charge in [0.25, 0.3) is 5.91 Å². The van der Waals surface area contributed by atoms with E-state index in [1.165, 1.54) is 5.57 Å². The number of carbonyl (C=O) groups is 1.